The third kappa shape index (κ3) is 2.91. The molecule has 0 saturated carbocycles. The molecule has 0 fully saturated rings. The molecule has 1 aliphatic carbocycles. The van der Waals surface area contributed by atoms with Crippen molar-refractivity contribution in [3.05, 3.63) is 90.0 Å². The molecule has 108 valence electrons. The van der Waals surface area contributed by atoms with Gasteiger partial charge < -0.3 is 0 Å². The number of benzene rings is 3. The Bertz CT molecular complexity index is 853. The number of hydrogen-bond acceptors (Lipinski definition) is 0. The Morgan fingerprint density at radius 1 is 0.652 bits per heavy atom. The fraction of sp³-hybridized carbons (Fsp3) is 0.0476. The van der Waals surface area contributed by atoms with E-state index in [2.05, 4.69) is 103 Å². The van der Waals surface area contributed by atoms with Crippen LogP contribution in [0, 0.1) is 0 Å². The second-order valence-electron chi connectivity index (χ2n) is 5.87. The van der Waals surface area contributed by atoms with Crippen molar-refractivity contribution in [3.8, 4) is 22.3 Å². The molecule has 0 heterocycles. The van der Waals surface area contributed by atoms with Crippen molar-refractivity contribution in [2.75, 3.05) is 0 Å². The molecule has 0 saturated heterocycles. The Morgan fingerprint density at radius 2 is 1.30 bits per heavy atom. The summed E-state index contributed by atoms with van der Waals surface area (Å²) >= 11 is 2.26. The van der Waals surface area contributed by atoms with Crippen molar-refractivity contribution in [2.45, 2.75) is 4.59 Å². The predicted molar refractivity (Wildman–Crippen MR) is 102 cm³/mol. The first-order valence-corrected chi connectivity index (χ1v) is 7.80. The molecule has 0 aliphatic heterocycles. The fourth-order valence-electron chi connectivity index (χ4n) is 3.33. The summed E-state index contributed by atoms with van der Waals surface area (Å²) in [7, 11) is 0. The maximum absolute atomic E-state index is 2.29. The van der Waals surface area contributed by atoms with Gasteiger partial charge >= 0.3 is 141 Å². The zero-order valence-corrected chi connectivity index (χ0v) is 13.9. The number of rotatable bonds is 2. The second kappa shape index (κ2) is 6.81. The monoisotopic (exact) mass is 310 g/mol. The van der Waals surface area contributed by atoms with Crippen LogP contribution in [0.2, 0.25) is 0 Å². The predicted octanol–water partition coefficient (Wildman–Crippen LogP) is 5.68. The molecule has 0 spiro atoms. The topological polar surface area (TPSA) is 0 Å². The molecule has 1 atom stereocenters. The maximum atomic E-state index is 2.29. The first-order valence-electron chi connectivity index (χ1n) is 7.80. The Balaban J connectivity index is 0.00000156. The van der Waals surface area contributed by atoms with Crippen LogP contribution in [0.4, 0.5) is 0 Å². The quantitative estimate of drug-likeness (QED) is 0.534. The van der Waals surface area contributed by atoms with Gasteiger partial charge in [0.1, 0.15) is 0 Å². The Labute approximate surface area is 152 Å². The van der Waals surface area contributed by atoms with Crippen molar-refractivity contribution in [2.24, 2.45) is 0 Å². The van der Waals surface area contributed by atoms with E-state index in [-0.39, 0.29) is 12.4 Å². The summed E-state index contributed by atoms with van der Waals surface area (Å²) in [6.45, 7) is 0. The van der Waals surface area contributed by atoms with Gasteiger partial charge in [-0.15, -0.1) is 12.4 Å². The van der Waals surface area contributed by atoms with Gasteiger partial charge in [-0.2, -0.15) is 0 Å². The van der Waals surface area contributed by atoms with Gasteiger partial charge in [0.25, 0.3) is 0 Å². The minimum absolute atomic E-state index is 0. The zero-order chi connectivity index (χ0) is 14.9. The molecule has 4 rings (SSSR count). The van der Waals surface area contributed by atoms with Crippen molar-refractivity contribution in [1.29, 1.82) is 0 Å². The van der Waals surface area contributed by atoms with Crippen LogP contribution >= 0.6 is 12.4 Å². The number of allylic oxidation sites excluding steroid dienone is 1. The zero-order valence-electron chi connectivity index (χ0n) is 13.1. The summed E-state index contributed by atoms with van der Waals surface area (Å²) in [4.78, 5) is 0. The molecule has 0 amide bonds. The summed E-state index contributed by atoms with van der Waals surface area (Å²) in [5.41, 5.74) is 8.01. The van der Waals surface area contributed by atoms with E-state index in [0.717, 1.165) is 0 Å². The Kier molecular flexibility index (Phi) is 4.78. The van der Waals surface area contributed by atoms with Gasteiger partial charge in [0, 0.05) is 0 Å². The van der Waals surface area contributed by atoms with Crippen molar-refractivity contribution in [3.63, 3.8) is 0 Å². The van der Waals surface area contributed by atoms with Crippen LogP contribution in [0.3, 0.4) is 0 Å². The SMILES string of the molecule is Cl.[Li][CH]1C=Cc2c(-c3ccccc3-c3ccccc3)cccc21. The van der Waals surface area contributed by atoms with E-state index >= 15 is 0 Å². The fourth-order valence-corrected chi connectivity index (χ4v) is 3.33. The van der Waals surface area contributed by atoms with Gasteiger partial charge in [0.05, 0.1) is 0 Å². The van der Waals surface area contributed by atoms with Gasteiger partial charge in [0.15, 0.2) is 0 Å². The van der Waals surface area contributed by atoms with Crippen LogP contribution in [-0.2, 0) is 0 Å². The first kappa shape index (κ1) is 16.2. The molecule has 23 heavy (non-hydrogen) atoms. The molecule has 0 nitrogen and oxygen atoms in total. The summed E-state index contributed by atoms with van der Waals surface area (Å²) < 4.78 is 0.513. The van der Waals surface area contributed by atoms with Crippen LogP contribution < -0.4 is 0 Å². The average molecular weight is 311 g/mol. The molecule has 1 aliphatic rings. The van der Waals surface area contributed by atoms with Crippen LogP contribution in [0.1, 0.15) is 15.7 Å². The Hall–Kier alpha value is -1.71. The number of fused-ring (bicyclic) bond motifs is 1. The van der Waals surface area contributed by atoms with Gasteiger partial charge in [-0.25, -0.2) is 0 Å². The van der Waals surface area contributed by atoms with E-state index in [0.29, 0.717) is 4.59 Å². The molecule has 0 aromatic heterocycles. The van der Waals surface area contributed by atoms with E-state index in [1.807, 2.05) is 0 Å². The van der Waals surface area contributed by atoms with Gasteiger partial charge in [-0.05, 0) is 0 Å². The Morgan fingerprint density at radius 3 is 2.09 bits per heavy atom. The van der Waals surface area contributed by atoms with Crippen LogP contribution in [0.15, 0.2) is 78.9 Å². The molecule has 1 unspecified atom stereocenters. The second-order valence-corrected chi connectivity index (χ2v) is 5.87. The third-order valence-corrected chi connectivity index (χ3v) is 4.48. The molecule has 0 bridgehead atoms. The van der Waals surface area contributed by atoms with E-state index in [4.69, 9.17) is 0 Å². The summed E-state index contributed by atoms with van der Waals surface area (Å²) in [6, 6.07) is 26.0. The van der Waals surface area contributed by atoms with Gasteiger partial charge in [0.2, 0.25) is 0 Å². The van der Waals surface area contributed by atoms with Gasteiger partial charge in [-0.1, -0.05) is 0 Å². The van der Waals surface area contributed by atoms with Crippen LogP contribution in [0.25, 0.3) is 28.3 Å². The summed E-state index contributed by atoms with van der Waals surface area (Å²) in [5.74, 6) is 0. The third-order valence-electron chi connectivity index (χ3n) is 4.48. The molecule has 2 heteroatoms. The van der Waals surface area contributed by atoms with E-state index in [9.17, 15) is 0 Å². The summed E-state index contributed by atoms with van der Waals surface area (Å²) in [6.07, 6.45) is 4.57. The molecular weight excluding hydrogens is 295 g/mol. The normalized spacial score (nSPS) is 15.1. The molecule has 0 N–H and O–H groups in total. The molecule has 3 aromatic rings. The number of hydrogen-bond donors (Lipinski definition) is 0. The van der Waals surface area contributed by atoms with Gasteiger partial charge in [-0.3, -0.25) is 0 Å². The van der Waals surface area contributed by atoms with Crippen molar-refractivity contribution < 1.29 is 0 Å². The first-order chi connectivity index (χ1) is 10.8. The van der Waals surface area contributed by atoms with Crippen molar-refractivity contribution in [1.82, 2.24) is 0 Å². The van der Waals surface area contributed by atoms with Crippen molar-refractivity contribution >= 4 is 36.2 Å². The summed E-state index contributed by atoms with van der Waals surface area (Å²) in [5, 5.41) is 0. The standard InChI is InChI=1S/C21H15.ClH.Li/c1-2-8-16(9-3-1)18-12-4-5-13-20(18)21-15-7-11-17-10-6-14-19(17)21;;/h1-15H;1H;. The van der Waals surface area contributed by atoms with Crippen LogP contribution in [0.5, 0.6) is 0 Å². The van der Waals surface area contributed by atoms with Crippen LogP contribution in [-0.4, -0.2) is 17.7 Å². The van der Waals surface area contributed by atoms with E-state index in [1.165, 1.54) is 33.4 Å². The van der Waals surface area contributed by atoms with E-state index < -0.39 is 0 Å². The molecule has 3 aromatic carbocycles. The average Bonchev–Trinajstić information content (AvgIpc) is 2.97. The molecule has 0 radical (unpaired) electrons. The number of halogens is 1. The molecular formula is C21H16ClLi. The minimum atomic E-state index is 0. The van der Waals surface area contributed by atoms with E-state index in [1.54, 1.807) is 0 Å².